The standard InChI is InChI=1S/C19H20ClN3O4S/c1-2-3-6-11-27-17-8-5-4-7-14(17)18(24)22-19(28)21-16-10-9-13(23(25)26)12-15(16)20/h4-5,7-10,12H,2-3,6,11H2,1H3,(H2,21,22,24,28). The number of carbonyl (C=O) groups is 1. The minimum Gasteiger partial charge on any atom is -0.493 e. The number of anilines is 1. The molecule has 0 fully saturated rings. The summed E-state index contributed by atoms with van der Waals surface area (Å²) in [6, 6.07) is 10.8. The van der Waals surface area contributed by atoms with E-state index in [9.17, 15) is 14.9 Å². The summed E-state index contributed by atoms with van der Waals surface area (Å²) in [5, 5.41) is 16.2. The molecule has 0 aromatic heterocycles. The van der Waals surface area contributed by atoms with Gasteiger partial charge in [0, 0.05) is 12.1 Å². The molecule has 0 heterocycles. The SMILES string of the molecule is CCCCCOc1ccccc1C(=O)NC(=S)Nc1ccc([N+](=O)[O-])cc1Cl. The predicted molar refractivity (Wildman–Crippen MR) is 113 cm³/mol. The number of nitro groups is 1. The molecule has 2 aromatic carbocycles. The molecule has 0 spiro atoms. The van der Waals surface area contributed by atoms with E-state index in [4.69, 9.17) is 28.6 Å². The van der Waals surface area contributed by atoms with Crippen LogP contribution in [0.4, 0.5) is 11.4 Å². The zero-order valence-corrected chi connectivity index (χ0v) is 16.8. The van der Waals surface area contributed by atoms with Crippen molar-refractivity contribution >= 4 is 46.2 Å². The normalized spacial score (nSPS) is 10.2. The van der Waals surface area contributed by atoms with Gasteiger partial charge in [0.25, 0.3) is 11.6 Å². The lowest BCUT2D eigenvalue weighted by molar-refractivity contribution is -0.384. The Bertz CT molecular complexity index is 876. The largest absolute Gasteiger partial charge is 0.493 e. The molecule has 0 aliphatic carbocycles. The summed E-state index contributed by atoms with van der Waals surface area (Å²) in [7, 11) is 0. The maximum Gasteiger partial charge on any atom is 0.271 e. The van der Waals surface area contributed by atoms with E-state index in [1.165, 1.54) is 18.2 Å². The van der Waals surface area contributed by atoms with Gasteiger partial charge >= 0.3 is 0 Å². The fraction of sp³-hybridized carbons (Fsp3) is 0.263. The molecule has 1 amide bonds. The van der Waals surface area contributed by atoms with Crippen molar-refractivity contribution in [1.29, 1.82) is 0 Å². The fourth-order valence-electron chi connectivity index (χ4n) is 2.36. The average Bonchev–Trinajstić information content (AvgIpc) is 2.67. The Morgan fingerprint density at radius 2 is 2.00 bits per heavy atom. The summed E-state index contributed by atoms with van der Waals surface area (Å²) in [6.07, 6.45) is 3.04. The van der Waals surface area contributed by atoms with Crippen molar-refractivity contribution < 1.29 is 14.5 Å². The van der Waals surface area contributed by atoms with Gasteiger partial charge in [-0.05, 0) is 36.8 Å². The number of non-ortho nitro benzene ring substituents is 1. The molecular weight excluding hydrogens is 402 g/mol. The van der Waals surface area contributed by atoms with E-state index in [2.05, 4.69) is 17.6 Å². The number of halogens is 1. The number of rotatable bonds is 8. The van der Waals surface area contributed by atoms with Gasteiger partial charge in [0.15, 0.2) is 5.11 Å². The van der Waals surface area contributed by atoms with Crippen molar-refractivity contribution in [2.75, 3.05) is 11.9 Å². The van der Waals surface area contributed by atoms with Gasteiger partial charge in [-0.2, -0.15) is 0 Å². The van der Waals surface area contributed by atoms with Gasteiger partial charge in [-0.25, -0.2) is 0 Å². The molecular formula is C19H20ClN3O4S. The van der Waals surface area contributed by atoms with Crippen LogP contribution in [-0.2, 0) is 0 Å². The number of para-hydroxylation sites is 1. The van der Waals surface area contributed by atoms with Crippen LogP contribution in [0.3, 0.4) is 0 Å². The Kier molecular flexibility index (Phi) is 8.16. The smallest absolute Gasteiger partial charge is 0.271 e. The second-order valence-corrected chi connectivity index (χ2v) is 6.70. The number of carbonyl (C=O) groups excluding carboxylic acids is 1. The lowest BCUT2D eigenvalue weighted by atomic mass is 10.2. The topological polar surface area (TPSA) is 93.5 Å². The molecule has 0 aliphatic rings. The molecule has 148 valence electrons. The highest BCUT2D eigenvalue weighted by Crippen LogP contribution is 2.26. The Morgan fingerprint density at radius 3 is 2.68 bits per heavy atom. The first-order valence-corrected chi connectivity index (χ1v) is 9.49. The zero-order valence-electron chi connectivity index (χ0n) is 15.2. The van der Waals surface area contributed by atoms with E-state index >= 15 is 0 Å². The molecule has 9 heteroatoms. The minimum absolute atomic E-state index is 0.0153. The third kappa shape index (κ3) is 6.17. The number of hydrogen-bond acceptors (Lipinski definition) is 5. The molecule has 0 atom stereocenters. The number of nitrogens with one attached hydrogen (secondary N) is 2. The van der Waals surface area contributed by atoms with Gasteiger partial charge in [-0.3, -0.25) is 20.2 Å². The zero-order chi connectivity index (χ0) is 20.5. The van der Waals surface area contributed by atoms with Crippen LogP contribution in [0.2, 0.25) is 5.02 Å². The van der Waals surface area contributed by atoms with Crippen LogP contribution in [0, 0.1) is 10.1 Å². The third-order valence-corrected chi connectivity index (χ3v) is 4.29. The van der Waals surface area contributed by atoms with Gasteiger partial charge < -0.3 is 10.1 Å². The van der Waals surface area contributed by atoms with Gasteiger partial charge in [-0.1, -0.05) is 43.5 Å². The lowest BCUT2D eigenvalue weighted by Gasteiger charge is -2.13. The number of ether oxygens (including phenoxy) is 1. The fourth-order valence-corrected chi connectivity index (χ4v) is 2.78. The Morgan fingerprint density at radius 1 is 1.25 bits per heavy atom. The molecule has 2 N–H and O–H groups in total. The van der Waals surface area contributed by atoms with E-state index in [0.29, 0.717) is 23.6 Å². The first-order valence-electron chi connectivity index (χ1n) is 8.70. The van der Waals surface area contributed by atoms with Crippen molar-refractivity contribution in [3.63, 3.8) is 0 Å². The summed E-state index contributed by atoms with van der Waals surface area (Å²) in [6.45, 7) is 2.63. The highest BCUT2D eigenvalue weighted by molar-refractivity contribution is 7.80. The number of benzene rings is 2. The molecule has 0 saturated carbocycles. The predicted octanol–water partition coefficient (Wildman–Crippen LogP) is 4.94. The summed E-state index contributed by atoms with van der Waals surface area (Å²) >= 11 is 11.2. The molecule has 0 aliphatic heterocycles. The van der Waals surface area contributed by atoms with Crippen molar-refractivity contribution in [2.45, 2.75) is 26.2 Å². The number of unbranched alkanes of at least 4 members (excludes halogenated alkanes) is 2. The van der Waals surface area contributed by atoms with Crippen molar-refractivity contribution in [1.82, 2.24) is 5.32 Å². The third-order valence-electron chi connectivity index (χ3n) is 3.78. The lowest BCUT2D eigenvalue weighted by Crippen LogP contribution is -2.34. The molecule has 2 aromatic rings. The average molecular weight is 422 g/mol. The highest BCUT2D eigenvalue weighted by Gasteiger charge is 2.15. The van der Waals surface area contributed by atoms with E-state index < -0.39 is 10.8 Å². The summed E-state index contributed by atoms with van der Waals surface area (Å²) < 4.78 is 5.71. The maximum absolute atomic E-state index is 12.5. The number of nitrogens with zero attached hydrogens (tertiary/aromatic N) is 1. The second kappa shape index (κ2) is 10.6. The second-order valence-electron chi connectivity index (χ2n) is 5.88. The summed E-state index contributed by atoms with van der Waals surface area (Å²) in [5.74, 6) is 0.0499. The first-order chi connectivity index (χ1) is 13.4. The van der Waals surface area contributed by atoms with Crippen LogP contribution in [-0.4, -0.2) is 22.5 Å². The monoisotopic (exact) mass is 421 g/mol. The highest BCUT2D eigenvalue weighted by atomic mass is 35.5. The number of hydrogen-bond donors (Lipinski definition) is 2. The van der Waals surface area contributed by atoms with Gasteiger partial charge in [-0.15, -0.1) is 0 Å². The molecule has 28 heavy (non-hydrogen) atoms. The number of nitro benzene ring substituents is 1. The molecule has 0 unspecified atom stereocenters. The number of amides is 1. The quantitative estimate of drug-likeness (QED) is 0.271. The van der Waals surface area contributed by atoms with Gasteiger partial charge in [0.1, 0.15) is 5.75 Å². The Hall–Kier alpha value is -2.71. The van der Waals surface area contributed by atoms with Crippen LogP contribution in [0.25, 0.3) is 0 Å². The minimum atomic E-state index is -0.548. The van der Waals surface area contributed by atoms with Crippen molar-refractivity contribution in [2.24, 2.45) is 0 Å². The van der Waals surface area contributed by atoms with E-state index in [0.717, 1.165) is 19.3 Å². The molecule has 0 saturated heterocycles. The Labute approximate surface area is 173 Å². The van der Waals surface area contributed by atoms with Crippen LogP contribution in [0.15, 0.2) is 42.5 Å². The first kappa shape index (κ1) is 21.6. The van der Waals surface area contributed by atoms with Gasteiger partial charge in [0.05, 0.1) is 27.8 Å². The van der Waals surface area contributed by atoms with Crippen molar-refractivity contribution in [3.05, 3.63) is 63.2 Å². The van der Waals surface area contributed by atoms with Crippen LogP contribution >= 0.6 is 23.8 Å². The van der Waals surface area contributed by atoms with Crippen LogP contribution in [0.1, 0.15) is 36.5 Å². The number of thiocarbonyl (C=S) groups is 1. The Balaban J connectivity index is 2.01. The molecule has 7 nitrogen and oxygen atoms in total. The molecule has 2 rings (SSSR count). The maximum atomic E-state index is 12.5. The van der Waals surface area contributed by atoms with Crippen LogP contribution < -0.4 is 15.4 Å². The van der Waals surface area contributed by atoms with Crippen molar-refractivity contribution in [3.8, 4) is 5.75 Å². The van der Waals surface area contributed by atoms with E-state index in [1.54, 1.807) is 24.3 Å². The van der Waals surface area contributed by atoms with Crippen LogP contribution in [0.5, 0.6) is 5.75 Å². The van der Waals surface area contributed by atoms with E-state index in [1.807, 2.05) is 0 Å². The summed E-state index contributed by atoms with van der Waals surface area (Å²) in [4.78, 5) is 22.8. The summed E-state index contributed by atoms with van der Waals surface area (Å²) in [5.41, 5.74) is 0.569. The molecule has 0 radical (unpaired) electrons. The van der Waals surface area contributed by atoms with Gasteiger partial charge in [0.2, 0.25) is 0 Å². The molecule has 0 bridgehead atoms. The van der Waals surface area contributed by atoms with E-state index in [-0.39, 0.29) is 15.8 Å².